The van der Waals surface area contributed by atoms with Crippen LogP contribution in [-0.4, -0.2) is 20.2 Å². The molecule has 2 bridgehead atoms. The van der Waals surface area contributed by atoms with Gasteiger partial charge in [-0.25, -0.2) is 0 Å². The Kier molecular flexibility index (Phi) is 2.44. The summed E-state index contributed by atoms with van der Waals surface area (Å²) in [5.41, 5.74) is 2.50. The third-order valence-corrected chi connectivity index (χ3v) is 4.45. The first-order valence-electron chi connectivity index (χ1n) is 6.61. The SMILES string of the molecule is CCOc1ccccc1C12CC(CNC)(C1)C2. The van der Waals surface area contributed by atoms with Gasteiger partial charge in [0.25, 0.3) is 0 Å². The van der Waals surface area contributed by atoms with E-state index in [0.29, 0.717) is 10.8 Å². The molecule has 3 aliphatic rings. The Morgan fingerprint density at radius 1 is 1.24 bits per heavy atom. The number of hydrogen-bond acceptors (Lipinski definition) is 2. The fourth-order valence-corrected chi connectivity index (χ4v) is 4.03. The van der Waals surface area contributed by atoms with Gasteiger partial charge in [0.15, 0.2) is 0 Å². The second-order valence-corrected chi connectivity index (χ2v) is 5.77. The van der Waals surface area contributed by atoms with Crippen molar-refractivity contribution in [3.8, 4) is 5.75 Å². The van der Waals surface area contributed by atoms with Gasteiger partial charge in [-0.15, -0.1) is 0 Å². The summed E-state index contributed by atoms with van der Waals surface area (Å²) in [6, 6.07) is 8.59. The zero-order chi connectivity index (χ0) is 11.9. The van der Waals surface area contributed by atoms with E-state index >= 15 is 0 Å². The standard InChI is InChI=1S/C15H21NO/c1-3-17-13-7-5-4-6-12(13)15-8-14(9-15,10-15)11-16-2/h4-7,16H,3,8-11H2,1-2H3. The Morgan fingerprint density at radius 3 is 2.59 bits per heavy atom. The Balaban J connectivity index is 1.79. The minimum absolute atomic E-state index is 0.447. The monoisotopic (exact) mass is 231 g/mol. The molecule has 0 amide bonds. The smallest absolute Gasteiger partial charge is 0.123 e. The highest BCUT2D eigenvalue weighted by Crippen LogP contribution is 2.74. The van der Waals surface area contributed by atoms with E-state index in [0.717, 1.165) is 12.4 Å². The van der Waals surface area contributed by atoms with Crippen molar-refractivity contribution in [2.45, 2.75) is 31.6 Å². The molecule has 0 unspecified atom stereocenters. The highest BCUT2D eigenvalue weighted by atomic mass is 16.5. The fourth-order valence-electron chi connectivity index (χ4n) is 4.03. The number of hydrogen-bond donors (Lipinski definition) is 1. The van der Waals surface area contributed by atoms with Gasteiger partial charge < -0.3 is 10.1 Å². The van der Waals surface area contributed by atoms with Crippen molar-refractivity contribution in [3.63, 3.8) is 0 Å². The second-order valence-electron chi connectivity index (χ2n) is 5.77. The highest BCUT2D eigenvalue weighted by molar-refractivity contribution is 5.47. The van der Waals surface area contributed by atoms with E-state index in [-0.39, 0.29) is 0 Å². The van der Waals surface area contributed by atoms with Crippen LogP contribution < -0.4 is 10.1 Å². The largest absolute Gasteiger partial charge is 0.494 e. The normalized spacial score (nSPS) is 33.8. The van der Waals surface area contributed by atoms with Crippen molar-refractivity contribution < 1.29 is 4.74 Å². The predicted octanol–water partition coefficient (Wildman–Crippen LogP) is 2.73. The molecule has 3 aliphatic carbocycles. The first-order valence-corrected chi connectivity index (χ1v) is 6.61. The summed E-state index contributed by atoms with van der Waals surface area (Å²) in [6.07, 6.45) is 4.01. The van der Waals surface area contributed by atoms with Crippen molar-refractivity contribution in [1.29, 1.82) is 0 Å². The maximum absolute atomic E-state index is 5.76. The van der Waals surface area contributed by atoms with Crippen molar-refractivity contribution in [3.05, 3.63) is 29.8 Å². The van der Waals surface area contributed by atoms with Crippen molar-refractivity contribution in [1.82, 2.24) is 5.32 Å². The molecule has 1 aromatic rings. The summed E-state index contributed by atoms with van der Waals surface area (Å²) in [5.74, 6) is 1.10. The second kappa shape index (κ2) is 3.74. The van der Waals surface area contributed by atoms with E-state index in [2.05, 4.69) is 43.6 Å². The van der Waals surface area contributed by atoms with E-state index in [4.69, 9.17) is 4.74 Å². The summed E-state index contributed by atoms with van der Waals surface area (Å²) in [6.45, 7) is 3.99. The molecule has 17 heavy (non-hydrogen) atoms. The average Bonchev–Trinajstić information content (AvgIpc) is 2.23. The van der Waals surface area contributed by atoms with Gasteiger partial charge in [0.1, 0.15) is 5.75 Å². The topological polar surface area (TPSA) is 21.3 Å². The molecule has 2 nitrogen and oxygen atoms in total. The maximum Gasteiger partial charge on any atom is 0.123 e. The molecular weight excluding hydrogens is 210 g/mol. The van der Waals surface area contributed by atoms with Crippen LogP contribution in [0.3, 0.4) is 0 Å². The minimum Gasteiger partial charge on any atom is -0.494 e. The van der Waals surface area contributed by atoms with E-state index in [1.54, 1.807) is 0 Å². The van der Waals surface area contributed by atoms with Gasteiger partial charge in [-0.1, -0.05) is 18.2 Å². The van der Waals surface area contributed by atoms with E-state index < -0.39 is 0 Å². The van der Waals surface area contributed by atoms with Crippen LogP contribution in [-0.2, 0) is 5.41 Å². The zero-order valence-electron chi connectivity index (χ0n) is 10.8. The summed E-state index contributed by atoms with van der Waals surface area (Å²) in [4.78, 5) is 0. The van der Waals surface area contributed by atoms with E-state index in [1.165, 1.54) is 31.4 Å². The molecule has 0 atom stereocenters. The predicted molar refractivity (Wildman–Crippen MR) is 69.5 cm³/mol. The molecule has 0 radical (unpaired) electrons. The number of para-hydroxylation sites is 1. The summed E-state index contributed by atoms with van der Waals surface area (Å²) in [5, 5.41) is 3.33. The molecule has 0 aliphatic heterocycles. The lowest BCUT2D eigenvalue weighted by atomic mass is 9.33. The Labute approximate surface area is 103 Å². The molecule has 0 spiro atoms. The van der Waals surface area contributed by atoms with Gasteiger partial charge >= 0.3 is 0 Å². The number of ether oxygens (including phenoxy) is 1. The third kappa shape index (κ3) is 1.50. The molecule has 2 heteroatoms. The first-order chi connectivity index (χ1) is 8.24. The van der Waals surface area contributed by atoms with Gasteiger partial charge in [0.05, 0.1) is 6.61 Å². The summed E-state index contributed by atoms with van der Waals surface area (Å²) >= 11 is 0. The molecule has 92 valence electrons. The first kappa shape index (κ1) is 11.1. The van der Waals surface area contributed by atoms with Crippen LogP contribution in [0.1, 0.15) is 31.7 Å². The average molecular weight is 231 g/mol. The lowest BCUT2D eigenvalue weighted by Gasteiger charge is -2.71. The van der Waals surface area contributed by atoms with Crippen LogP contribution in [0.15, 0.2) is 24.3 Å². The molecule has 1 aromatic carbocycles. The Hall–Kier alpha value is -1.02. The third-order valence-electron chi connectivity index (χ3n) is 4.45. The van der Waals surface area contributed by atoms with E-state index in [9.17, 15) is 0 Å². The molecule has 4 rings (SSSR count). The quantitative estimate of drug-likeness (QED) is 0.841. The Bertz CT molecular complexity index is 407. The van der Waals surface area contributed by atoms with Crippen LogP contribution in [0.2, 0.25) is 0 Å². The molecule has 1 N–H and O–H groups in total. The van der Waals surface area contributed by atoms with Gasteiger partial charge in [-0.3, -0.25) is 0 Å². The van der Waals surface area contributed by atoms with Gasteiger partial charge in [0, 0.05) is 17.5 Å². The highest BCUT2D eigenvalue weighted by Gasteiger charge is 2.68. The molecule has 3 saturated carbocycles. The zero-order valence-corrected chi connectivity index (χ0v) is 10.8. The molecule has 0 heterocycles. The van der Waals surface area contributed by atoms with Crippen LogP contribution in [0.5, 0.6) is 5.75 Å². The van der Waals surface area contributed by atoms with Gasteiger partial charge in [-0.05, 0) is 44.7 Å². The maximum atomic E-state index is 5.76. The Morgan fingerprint density at radius 2 is 1.94 bits per heavy atom. The number of benzene rings is 1. The van der Waals surface area contributed by atoms with Crippen LogP contribution >= 0.6 is 0 Å². The lowest BCUT2D eigenvalue weighted by Crippen LogP contribution is -2.67. The van der Waals surface area contributed by atoms with Crippen LogP contribution in [0, 0.1) is 5.41 Å². The summed E-state index contributed by atoms with van der Waals surface area (Å²) in [7, 11) is 2.06. The van der Waals surface area contributed by atoms with Crippen molar-refractivity contribution in [2.24, 2.45) is 5.41 Å². The van der Waals surface area contributed by atoms with E-state index in [1.807, 2.05) is 0 Å². The van der Waals surface area contributed by atoms with Crippen LogP contribution in [0.4, 0.5) is 0 Å². The minimum atomic E-state index is 0.447. The summed E-state index contributed by atoms with van der Waals surface area (Å²) < 4.78 is 5.76. The lowest BCUT2D eigenvalue weighted by molar-refractivity contribution is -0.137. The van der Waals surface area contributed by atoms with Crippen molar-refractivity contribution in [2.75, 3.05) is 20.2 Å². The molecule has 0 saturated heterocycles. The molecule has 0 aromatic heterocycles. The fraction of sp³-hybridized carbons (Fsp3) is 0.600. The number of nitrogens with one attached hydrogen (secondary N) is 1. The van der Waals surface area contributed by atoms with Gasteiger partial charge in [0.2, 0.25) is 0 Å². The van der Waals surface area contributed by atoms with Crippen LogP contribution in [0.25, 0.3) is 0 Å². The molecule has 3 fully saturated rings. The number of rotatable bonds is 5. The molecular formula is C15H21NO. The van der Waals surface area contributed by atoms with Crippen molar-refractivity contribution >= 4 is 0 Å². The van der Waals surface area contributed by atoms with Gasteiger partial charge in [-0.2, -0.15) is 0 Å².